The molecule has 0 amide bonds. The third-order valence-electron chi connectivity index (χ3n) is 4.74. The Balaban J connectivity index is 2.06. The molecular weight excluding hydrogens is 363 g/mol. The molecule has 4 aromatic carbocycles. The highest BCUT2D eigenvalue weighted by atomic mass is 31.2. The molecule has 28 heavy (non-hydrogen) atoms. The smallest absolute Gasteiger partial charge is 0.304 e. The van der Waals surface area contributed by atoms with Crippen LogP contribution in [0, 0.1) is 0 Å². The lowest BCUT2D eigenvalue weighted by Gasteiger charge is -2.27. The predicted octanol–water partition coefficient (Wildman–Crippen LogP) is 4.53. The molecule has 1 nitrogen and oxygen atoms in total. The average Bonchev–Trinajstić information content (AvgIpc) is 2.80. The predicted molar refractivity (Wildman–Crippen MR) is 121 cm³/mol. The first kappa shape index (κ1) is 18.5. The SMILES string of the molecule is FB(N=P(c1ccccc1)(c1ccccc1)c1ccccc1)c1ccccc1. The Morgan fingerprint density at radius 1 is 0.500 bits per heavy atom. The van der Waals surface area contributed by atoms with Gasteiger partial charge in [0.1, 0.15) is 0 Å². The first-order chi connectivity index (χ1) is 13.8. The van der Waals surface area contributed by atoms with Gasteiger partial charge in [0, 0.05) is 7.05 Å². The maximum absolute atomic E-state index is 15.5. The van der Waals surface area contributed by atoms with Crippen LogP contribution in [0.5, 0.6) is 0 Å². The standard InChI is InChI=1S/C24H20BFNP/c26-25(21-13-5-1-6-14-21)27-28(22-15-7-2-8-16-22,23-17-9-3-10-18-23)24-19-11-4-12-20-24/h1-20H. The van der Waals surface area contributed by atoms with Gasteiger partial charge in [0.15, 0.2) is 0 Å². The lowest BCUT2D eigenvalue weighted by atomic mass is 9.79. The average molecular weight is 383 g/mol. The Bertz CT molecular complexity index is 967. The van der Waals surface area contributed by atoms with Crippen LogP contribution in [0.4, 0.5) is 4.32 Å². The molecule has 0 N–H and O–H groups in total. The molecule has 0 spiro atoms. The minimum absolute atomic E-state index is 0.578. The molecule has 4 heteroatoms. The van der Waals surface area contributed by atoms with Crippen LogP contribution in [-0.2, 0) is 0 Å². The molecule has 0 aliphatic rings. The van der Waals surface area contributed by atoms with Crippen molar-refractivity contribution in [1.29, 1.82) is 0 Å². The van der Waals surface area contributed by atoms with E-state index >= 15 is 4.32 Å². The van der Waals surface area contributed by atoms with E-state index in [0.717, 1.165) is 15.9 Å². The quantitative estimate of drug-likeness (QED) is 0.355. The van der Waals surface area contributed by atoms with Crippen LogP contribution >= 0.6 is 7.05 Å². The van der Waals surface area contributed by atoms with Crippen molar-refractivity contribution in [2.75, 3.05) is 0 Å². The molecule has 0 atom stereocenters. The molecule has 0 heterocycles. The second-order valence-corrected chi connectivity index (χ2v) is 9.55. The van der Waals surface area contributed by atoms with Crippen molar-refractivity contribution in [1.82, 2.24) is 0 Å². The van der Waals surface area contributed by atoms with Crippen molar-refractivity contribution < 1.29 is 4.32 Å². The van der Waals surface area contributed by atoms with Gasteiger partial charge in [0.05, 0.1) is 0 Å². The number of hydrogen-bond acceptors (Lipinski definition) is 1. The minimum atomic E-state index is -2.52. The summed E-state index contributed by atoms with van der Waals surface area (Å²) in [6.07, 6.45) is 0. The van der Waals surface area contributed by atoms with Gasteiger partial charge >= 0.3 is 7.12 Å². The number of nitrogens with zero attached hydrogens (tertiary/aromatic N) is 1. The van der Waals surface area contributed by atoms with E-state index in [4.69, 9.17) is 4.66 Å². The van der Waals surface area contributed by atoms with E-state index in [1.165, 1.54) is 0 Å². The highest BCUT2D eigenvalue weighted by molar-refractivity contribution is 7.88. The van der Waals surface area contributed by atoms with Crippen molar-refractivity contribution in [2.45, 2.75) is 0 Å². The summed E-state index contributed by atoms with van der Waals surface area (Å²) in [5.74, 6) is 0. The fourth-order valence-electron chi connectivity index (χ4n) is 3.41. The first-order valence-electron chi connectivity index (χ1n) is 9.28. The fraction of sp³-hybridized carbons (Fsp3) is 0. The summed E-state index contributed by atoms with van der Waals surface area (Å²) in [6.45, 7) is 0. The molecular formula is C24H20BFNP. The zero-order valence-electron chi connectivity index (χ0n) is 15.4. The molecule has 0 unspecified atom stereocenters. The Labute approximate surface area is 166 Å². The Hall–Kier alpha value is -2.90. The van der Waals surface area contributed by atoms with Crippen LogP contribution in [0.3, 0.4) is 0 Å². The molecule has 0 saturated heterocycles. The molecule has 0 radical (unpaired) electrons. The molecule has 0 saturated carbocycles. The maximum Gasteiger partial charge on any atom is 0.512 e. The van der Waals surface area contributed by atoms with E-state index in [-0.39, 0.29) is 0 Å². The van der Waals surface area contributed by atoms with Crippen LogP contribution in [0.1, 0.15) is 0 Å². The van der Waals surface area contributed by atoms with Gasteiger partial charge in [0.25, 0.3) is 0 Å². The Morgan fingerprint density at radius 3 is 1.18 bits per heavy atom. The molecule has 136 valence electrons. The van der Waals surface area contributed by atoms with Crippen LogP contribution in [0.2, 0.25) is 0 Å². The van der Waals surface area contributed by atoms with Crippen LogP contribution in [-0.4, -0.2) is 7.12 Å². The second-order valence-electron chi connectivity index (χ2n) is 6.50. The number of benzene rings is 4. The zero-order chi connectivity index (χ0) is 19.2. The number of hydrogen-bond donors (Lipinski definition) is 0. The van der Waals surface area contributed by atoms with Crippen molar-refractivity contribution in [3.8, 4) is 0 Å². The fourth-order valence-corrected chi connectivity index (χ4v) is 6.95. The highest BCUT2D eigenvalue weighted by Gasteiger charge is 2.30. The first-order valence-corrected chi connectivity index (χ1v) is 11.0. The van der Waals surface area contributed by atoms with Gasteiger partial charge in [-0.1, -0.05) is 121 Å². The van der Waals surface area contributed by atoms with Gasteiger partial charge in [0.2, 0.25) is 0 Å². The van der Waals surface area contributed by atoms with Gasteiger partial charge in [-0.3, -0.25) is 4.32 Å². The van der Waals surface area contributed by atoms with Crippen LogP contribution in [0.25, 0.3) is 0 Å². The lowest BCUT2D eigenvalue weighted by molar-refractivity contribution is 0.848. The summed E-state index contributed by atoms with van der Waals surface area (Å²) in [5.41, 5.74) is 0.578. The molecule has 0 aliphatic carbocycles. The van der Waals surface area contributed by atoms with E-state index in [1.54, 1.807) is 12.1 Å². The zero-order valence-corrected chi connectivity index (χ0v) is 16.3. The number of rotatable bonds is 5. The summed E-state index contributed by atoms with van der Waals surface area (Å²) < 4.78 is 20.5. The highest BCUT2D eigenvalue weighted by Crippen LogP contribution is 2.46. The van der Waals surface area contributed by atoms with Crippen molar-refractivity contribution >= 4 is 35.6 Å². The molecule has 0 fully saturated rings. The van der Waals surface area contributed by atoms with Crippen LogP contribution < -0.4 is 21.4 Å². The van der Waals surface area contributed by atoms with Gasteiger partial charge in [-0.2, -0.15) is 0 Å². The van der Waals surface area contributed by atoms with Gasteiger partial charge in [-0.15, -0.1) is 0 Å². The molecule has 4 aromatic rings. The largest absolute Gasteiger partial charge is 0.512 e. The summed E-state index contributed by atoms with van der Waals surface area (Å²) in [6, 6.07) is 39.5. The van der Waals surface area contributed by atoms with E-state index in [1.807, 2.05) is 72.8 Å². The summed E-state index contributed by atoms with van der Waals surface area (Å²) in [7, 11) is -3.93. The third kappa shape index (κ3) is 3.59. The topological polar surface area (TPSA) is 12.4 Å². The summed E-state index contributed by atoms with van der Waals surface area (Å²) in [4.78, 5) is 0. The second kappa shape index (κ2) is 8.41. The molecule has 0 aromatic heterocycles. The maximum atomic E-state index is 15.5. The molecule has 0 aliphatic heterocycles. The number of halogens is 1. The van der Waals surface area contributed by atoms with Gasteiger partial charge < -0.3 is 4.66 Å². The van der Waals surface area contributed by atoms with Crippen molar-refractivity contribution in [3.63, 3.8) is 0 Å². The Morgan fingerprint density at radius 2 is 0.821 bits per heavy atom. The third-order valence-corrected chi connectivity index (χ3v) is 8.42. The van der Waals surface area contributed by atoms with Gasteiger partial charge in [-0.05, 0) is 21.4 Å². The van der Waals surface area contributed by atoms with E-state index in [2.05, 4.69) is 36.4 Å². The van der Waals surface area contributed by atoms with Gasteiger partial charge in [-0.25, -0.2) is 0 Å². The summed E-state index contributed by atoms with van der Waals surface area (Å²) >= 11 is 0. The summed E-state index contributed by atoms with van der Waals surface area (Å²) in [5, 5.41) is 3.14. The molecule has 4 rings (SSSR count). The van der Waals surface area contributed by atoms with E-state index < -0.39 is 14.2 Å². The monoisotopic (exact) mass is 383 g/mol. The normalized spacial score (nSPS) is 11.0. The van der Waals surface area contributed by atoms with Crippen molar-refractivity contribution in [2.24, 2.45) is 4.66 Å². The van der Waals surface area contributed by atoms with E-state index in [0.29, 0.717) is 5.46 Å². The van der Waals surface area contributed by atoms with Crippen molar-refractivity contribution in [3.05, 3.63) is 121 Å². The minimum Gasteiger partial charge on any atom is -0.304 e. The Kier molecular flexibility index (Phi) is 5.55. The van der Waals surface area contributed by atoms with Crippen LogP contribution in [0.15, 0.2) is 126 Å². The van der Waals surface area contributed by atoms with E-state index in [9.17, 15) is 0 Å². The lowest BCUT2D eigenvalue weighted by Crippen LogP contribution is -2.30. The molecule has 0 bridgehead atoms.